The van der Waals surface area contributed by atoms with Crippen molar-refractivity contribution in [2.45, 2.75) is 0 Å². The van der Waals surface area contributed by atoms with Crippen LogP contribution in [0.2, 0.25) is 15.1 Å². The first kappa shape index (κ1) is 15.8. The van der Waals surface area contributed by atoms with Crippen molar-refractivity contribution in [3.05, 3.63) is 54.3 Å². The smallest absolute Gasteiger partial charge is 0.295 e. The SMILES string of the molecule is O=C(NNc1c(Cl)cc(Cl)cc1Cl)c1ccc([N+](=O)[O-])s1. The van der Waals surface area contributed by atoms with Gasteiger partial charge in [0.15, 0.2) is 0 Å². The number of carbonyl (C=O) groups is 1. The number of hydrazine groups is 1. The monoisotopic (exact) mass is 365 g/mol. The number of benzene rings is 1. The van der Waals surface area contributed by atoms with Crippen LogP contribution in [-0.2, 0) is 0 Å². The summed E-state index contributed by atoms with van der Waals surface area (Å²) in [6.07, 6.45) is 0. The number of nitro groups is 1. The largest absolute Gasteiger partial charge is 0.324 e. The standard InChI is InChI=1S/C11H6Cl3N3O3S/c12-5-3-6(13)10(7(14)4-5)15-16-11(18)8-1-2-9(21-8)17(19)20/h1-4,15H,(H,16,18). The summed E-state index contributed by atoms with van der Waals surface area (Å²) in [5, 5.41) is 11.2. The van der Waals surface area contributed by atoms with E-state index in [1.807, 2.05) is 0 Å². The number of nitrogens with one attached hydrogen (secondary N) is 2. The summed E-state index contributed by atoms with van der Waals surface area (Å²) in [4.78, 5) is 22.0. The fraction of sp³-hybridized carbons (Fsp3) is 0. The number of nitrogens with zero attached hydrogens (tertiary/aromatic N) is 1. The first-order valence-electron chi connectivity index (χ1n) is 5.33. The summed E-state index contributed by atoms with van der Waals surface area (Å²) < 4.78 is 0. The van der Waals surface area contributed by atoms with Crippen molar-refractivity contribution < 1.29 is 9.72 Å². The molecule has 2 rings (SSSR count). The van der Waals surface area contributed by atoms with Crippen LogP contribution < -0.4 is 10.9 Å². The molecule has 1 amide bonds. The molecule has 0 bridgehead atoms. The molecule has 1 aromatic carbocycles. The van der Waals surface area contributed by atoms with Gasteiger partial charge in [0.1, 0.15) is 4.88 Å². The van der Waals surface area contributed by atoms with Gasteiger partial charge in [-0.1, -0.05) is 46.1 Å². The zero-order chi connectivity index (χ0) is 15.6. The highest BCUT2D eigenvalue weighted by atomic mass is 35.5. The molecular formula is C11H6Cl3N3O3S. The summed E-state index contributed by atoms with van der Waals surface area (Å²) >= 11 is 18.4. The van der Waals surface area contributed by atoms with Crippen LogP contribution in [0.5, 0.6) is 0 Å². The van der Waals surface area contributed by atoms with Crippen molar-refractivity contribution in [1.29, 1.82) is 0 Å². The molecule has 0 atom stereocenters. The predicted molar refractivity (Wildman–Crippen MR) is 83.5 cm³/mol. The molecule has 6 nitrogen and oxygen atoms in total. The Morgan fingerprint density at radius 3 is 2.33 bits per heavy atom. The minimum atomic E-state index is -0.568. The van der Waals surface area contributed by atoms with Gasteiger partial charge >= 0.3 is 5.00 Å². The Kier molecular flexibility index (Phi) is 4.89. The van der Waals surface area contributed by atoms with E-state index >= 15 is 0 Å². The normalized spacial score (nSPS) is 10.2. The molecule has 2 N–H and O–H groups in total. The lowest BCUT2D eigenvalue weighted by Crippen LogP contribution is -2.28. The number of hydrogen-bond donors (Lipinski definition) is 2. The third-order valence-corrected chi connectivity index (χ3v) is 4.15. The zero-order valence-electron chi connectivity index (χ0n) is 10.0. The van der Waals surface area contributed by atoms with E-state index in [9.17, 15) is 14.9 Å². The lowest BCUT2D eigenvalue weighted by atomic mass is 10.3. The second kappa shape index (κ2) is 6.48. The summed E-state index contributed by atoms with van der Waals surface area (Å²) in [6, 6.07) is 5.52. The van der Waals surface area contributed by atoms with Crippen LogP contribution in [0.1, 0.15) is 9.67 Å². The van der Waals surface area contributed by atoms with Crippen LogP contribution >= 0.6 is 46.1 Å². The van der Waals surface area contributed by atoms with Gasteiger partial charge in [-0.05, 0) is 18.2 Å². The van der Waals surface area contributed by atoms with Gasteiger partial charge in [0.2, 0.25) is 0 Å². The molecule has 0 fully saturated rings. The second-order valence-electron chi connectivity index (χ2n) is 3.72. The summed E-state index contributed by atoms with van der Waals surface area (Å²) in [5.74, 6) is -0.546. The third kappa shape index (κ3) is 3.76. The van der Waals surface area contributed by atoms with E-state index in [0.29, 0.717) is 5.02 Å². The molecule has 1 heterocycles. The molecule has 0 saturated heterocycles. The Balaban J connectivity index is 2.09. The van der Waals surface area contributed by atoms with E-state index in [1.54, 1.807) is 0 Å². The van der Waals surface area contributed by atoms with Crippen LogP contribution in [0.25, 0.3) is 0 Å². The van der Waals surface area contributed by atoms with Gasteiger partial charge in [-0.25, -0.2) is 0 Å². The maximum atomic E-state index is 11.8. The molecule has 110 valence electrons. The number of rotatable bonds is 4. The minimum absolute atomic E-state index is 0.122. The van der Waals surface area contributed by atoms with Gasteiger partial charge in [0, 0.05) is 11.1 Å². The molecule has 1 aromatic heterocycles. The van der Waals surface area contributed by atoms with Gasteiger partial charge < -0.3 is 0 Å². The zero-order valence-corrected chi connectivity index (χ0v) is 13.1. The van der Waals surface area contributed by atoms with Crippen LogP contribution in [-0.4, -0.2) is 10.8 Å². The van der Waals surface area contributed by atoms with Gasteiger partial charge in [0.25, 0.3) is 5.91 Å². The molecular weight excluding hydrogens is 361 g/mol. The highest BCUT2D eigenvalue weighted by Crippen LogP contribution is 2.33. The maximum absolute atomic E-state index is 11.8. The summed E-state index contributed by atoms with van der Waals surface area (Å²) in [7, 11) is 0. The average molecular weight is 367 g/mol. The van der Waals surface area contributed by atoms with Crippen molar-refractivity contribution in [2.75, 3.05) is 5.43 Å². The van der Waals surface area contributed by atoms with Crippen LogP contribution in [0.15, 0.2) is 24.3 Å². The van der Waals surface area contributed by atoms with Gasteiger partial charge in [0.05, 0.1) is 20.7 Å². The number of anilines is 1. The van der Waals surface area contributed by atoms with Crippen molar-refractivity contribution >= 4 is 62.7 Å². The van der Waals surface area contributed by atoms with E-state index in [2.05, 4.69) is 10.9 Å². The molecule has 0 aliphatic rings. The topological polar surface area (TPSA) is 84.3 Å². The Hall–Kier alpha value is -1.54. The molecule has 2 aromatic rings. The third-order valence-electron chi connectivity index (χ3n) is 2.30. The molecule has 0 unspecified atom stereocenters. The highest BCUT2D eigenvalue weighted by molar-refractivity contribution is 7.17. The van der Waals surface area contributed by atoms with Gasteiger partial charge in [-0.2, -0.15) is 0 Å². The molecule has 21 heavy (non-hydrogen) atoms. The average Bonchev–Trinajstić information content (AvgIpc) is 2.86. The first-order chi connectivity index (χ1) is 9.88. The van der Waals surface area contributed by atoms with Gasteiger partial charge in [-0.3, -0.25) is 25.8 Å². The molecule has 10 heteroatoms. The van der Waals surface area contributed by atoms with Crippen molar-refractivity contribution in [3.63, 3.8) is 0 Å². The fourth-order valence-electron chi connectivity index (χ4n) is 1.39. The summed E-state index contributed by atoms with van der Waals surface area (Å²) in [5.41, 5.74) is 5.20. The van der Waals surface area contributed by atoms with Crippen LogP contribution in [0, 0.1) is 10.1 Å². The van der Waals surface area contributed by atoms with Crippen LogP contribution in [0.3, 0.4) is 0 Å². The van der Waals surface area contributed by atoms with Crippen molar-refractivity contribution in [2.24, 2.45) is 0 Å². The van der Waals surface area contributed by atoms with E-state index in [4.69, 9.17) is 34.8 Å². The molecule has 0 aliphatic heterocycles. The molecule has 0 radical (unpaired) electrons. The number of carbonyl (C=O) groups excluding carboxylic acids is 1. The van der Waals surface area contributed by atoms with E-state index in [1.165, 1.54) is 24.3 Å². The second-order valence-corrected chi connectivity index (χ2v) is 6.03. The molecule has 0 saturated carbocycles. The fourth-order valence-corrected chi connectivity index (χ4v) is 3.02. The Morgan fingerprint density at radius 1 is 1.19 bits per heavy atom. The predicted octanol–water partition coefficient (Wildman–Crippen LogP) is 4.37. The van der Waals surface area contributed by atoms with Crippen molar-refractivity contribution in [3.8, 4) is 0 Å². The molecule has 0 aliphatic carbocycles. The maximum Gasteiger partial charge on any atom is 0.324 e. The lowest BCUT2D eigenvalue weighted by Gasteiger charge is -2.11. The minimum Gasteiger partial charge on any atom is -0.295 e. The van der Waals surface area contributed by atoms with Crippen LogP contribution in [0.4, 0.5) is 10.7 Å². The summed E-state index contributed by atoms with van der Waals surface area (Å²) in [6.45, 7) is 0. The van der Waals surface area contributed by atoms with Crippen molar-refractivity contribution in [1.82, 2.24) is 5.43 Å². The van der Waals surface area contributed by atoms with E-state index < -0.39 is 10.8 Å². The Labute approximate surface area is 137 Å². The highest BCUT2D eigenvalue weighted by Gasteiger charge is 2.16. The Morgan fingerprint density at radius 2 is 1.81 bits per heavy atom. The number of hydrogen-bond acceptors (Lipinski definition) is 5. The lowest BCUT2D eigenvalue weighted by molar-refractivity contribution is -0.380. The number of thiophene rings is 1. The number of halogens is 3. The quantitative estimate of drug-likeness (QED) is 0.621. The Bertz CT molecular complexity index is 697. The van der Waals surface area contributed by atoms with E-state index in [0.717, 1.165) is 11.3 Å². The number of amides is 1. The molecule has 0 spiro atoms. The van der Waals surface area contributed by atoms with E-state index in [-0.39, 0.29) is 25.6 Å². The first-order valence-corrected chi connectivity index (χ1v) is 7.28. The van der Waals surface area contributed by atoms with Gasteiger partial charge in [-0.15, -0.1) is 0 Å².